The van der Waals surface area contributed by atoms with E-state index in [1.807, 2.05) is 38.1 Å². The zero-order chi connectivity index (χ0) is 17.5. The Labute approximate surface area is 140 Å². The van der Waals surface area contributed by atoms with Gasteiger partial charge in [-0.25, -0.2) is 4.98 Å². The van der Waals surface area contributed by atoms with Crippen LogP contribution in [0.2, 0.25) is 0 Å². The van der Waals surface area contributed by atoms with Gasteiger partial charge in [-0.1, -0.05) is 26.0 Å². The standard InChI is InChI=1S/C17H20N4O3/c1-12(2)8-17(22)20-14-5-3-4-13(9-14)10-18-16-7-6-15(11-19-16)21(23)24/h3-7,9,11-12H,8,10H2,1-2H3,(H,18,19)(H,20,22). The fourth-order valence-electron chi connectivity index (χ4n) is 2.13. The Morgan fingerprint density at radius 3 is 2.71 bits per heavy atom. The first-order valence-corrected chi connectivity index (χ1v) is 7.67. The zero-order valence-electron chi connectivity index (χ0n) is 13.7. The minimum Gasteiger partial charge on any atom is -0.366 e. The molecule has 2 aromatic rings. The molecule has 0 fully saturated rings. The lowest BCUT2D eigenvalue weighted by Gasteiger charge is -2.10. The first-order valence-electron chi connectivity index (χ1n) is 7.67. The Morgan fingerprint density at radius 1 is 1.29 bits per heavy atom. The van der Waals surface area contributed by atoms with Crippen LogP contribution >= 0.6 is 0 Å². The van der Waals surface area contributed by atoms with Gasteiger partial charge < -0.3 is 10.6 Å². The third-order valence-corrected chi connectivity index (χ3v) is 3.24. The number of aromatic nitrogens is 1. The summed E-state index contributed by atoms with van der Waals surface area (Å²) in [5.74, 6) is 0.852. The molecule has 0 aliphatic carbocycles. The van der Waals surface area contributed by atoms with Gasteiger partial charge in [-0.3, -0.25) is 14.9 Å². The van der Waals surface area contributed by atoms with Gasteiger partial charge in [0.15, 0.2) is 0 Å². The molecular formula is C17H20N4O3. The van der Waals surface area contributed by atoms with E-state index in [2.05, 4.69) is 15.6 Å². The van der Waals surface area contributed by atoms with E-state index in [1.54, 1.807) is 6.07 Å². The van der Waals surface area contributed by atoms with Crippen LogP contribution in [0.5, 0.6) is 0 Å². The molecule has 0 radical (unpaired) electrons. The summed E-state index contributed by atoms with van der Waals surface area (Å²) >= 11 is 0. The van der Waals surface area contributed by atoms with E-state index >= 15 is 0 Å². The zero-order valence-corrected chi connectivity index (χ0v) is 13.7. The number of carbonyl (C=O) groups excluding carboxylic acids is 1. The molecule has 0 saturated carbocycles. The summed E-state index contributed by atoms with van der Waals surface area (Å²) in [7, 11) is 0. The Hall–Kier alpha value is -2.96. The van der Waals surface area contributed by atoms with Gasteiger partial charge in [0.1, 0.15) is 12.0 Å². The molecular weight excluding hydrogens is 308 g/mol. The number of hydrogen-bond donors (Lipinski definition) is 2. The molecule has 1 aromatic heterocycles. The summed E-state index contributed by atoms with van der Waals surface area (Å²) in [5.41, 5.74) is 1.67. The number of amides is 1. The molecule has 2 N–H and O–H groups in total. The summed E-state index contributed by atoms with van der Waals surface area (Å²) in [6.07, 6.45) is 1.69. The lowest BCUT2D eigenvalue weighted by atomic mass is 10.1. The van der Waals surface area contributed by atoms with Crippen LogP contribution in [-0.4, -0.2) is 15.8 Å². The van der Waals surface area contributed by atoms with Crippen LogP contribution in [0, 0.1) is 16.0 Å². The van der Waals surface area contributed by atoms with Crippen LogP contribution in [0.25, 0.3) is 0 Å². The van der Waals surface area contributed by atoms with Gasteiger partial charge in [-0.2, -0.15) is 0 Å². The molecule has 0 bridgehead atoms. The third-order valence-electron chi connectivity index (χ3n) is 3.24. The molecule has 0 unspecified atom stereocenters. The summed E-state index contributed by atoms with van der Waals surface area (Å²) in [6.45, 7) is 4.49. The normalized spacial score (nSPS) is 10.5. The van der Waals surface area contributed by atoms with Crippen LogP contribution in [0.4, 0.5) is 17.2 Å². The molecule has 2 rings (SSSR count). The van der Waals surface area contributed by atoms with Crippen molar-refractivity contribution in [3.8, 4) is 0 Å². The summed E-state index contributed by atoms with van der Waals surface area (Å²) in [4.78, 5) is 25.9. The van der Waals surface area contributed by atoms with Crippen molar-refractivity contribution in [1.29, 1.82) is 0 Å². The Kier molecular flexibility index (Phi) is 5.83. The number of carbonyl (C=O) groups is 1. The van der Waals surface area contributed by atoms with Crippen molar-refractivity contribution in [3.05, 3.63) is 58.3 Å². The third kappa shape index (κ3) is 5.35. The van der Waals surface area contributed by atoms with Crippen molar-refractivity contribution in [2.45, 2.75) is 26.8 Å². The molecule has 1 heterocycles. The monoisotopic (exact) mass is 328 g/mol. The molecule has 1 aromatic carbocycles. The fraction of sp³-hybridized carbons (Fsp3) is 0.294. The van der Waals surface area contributed by atoms with Crippen molar-refractivity contribution >= 4 is 23.1 Å². The maximum atomic E-state index is 11.8. The van der Waals surface area contributed by atoms with Crippen LogP contribution in [-0.2, 0) is 11.3 Å². The molecule has 1 amide bonds. The van der Waals surface area contributed by atoms with Crippen molar-refractivity contribution in [2.75, 3.05) is 10.6 Å². The SMILES string of the molecule is CC(C)CC(=O)Nc1cccc(CNc2ccc([N+](=O)[O-])cn2)c1. The maximum absolute atomic E-state index is 11.8. The smallest absolute Gasteiger partial charge is 0.287 e. The van der Waals surface area contributed by atoms with Gasteiger partial charge in [0.05, 0.1) is 4.92 Å². The highest BCUT2D eigenvalue weighted by Gasteiger charge is 2.07. The minimum absolute atomic E-state index is 0.00727. The average molecular weight is 328 g/mol. The second-order valence-corrected chi connectivity index (χ2v) is 5.86. The minimum atomic E-state index is -0.486. The van der Waals surface area contributed by atoms with E-state index in [0.717, 1.165) is 11.3 Å². The molecule has 24 heavy (non-hydrogen) atoms. The van der Waals surface area contributed by atoms with Crippen LogP contribution in [0.1, 0.15) is 25.8 Å². The summed E-state index contributed by atoms with van der Waals surface area (Å²) in [6, 6.07) is 10.5. The van der Waals surface area contributed by atoms with E-state index < -0.39 is 4.92 Å². The second kappa shape index (κ2) is 8.05. The molecule has 7 nitrogen and oxygen atoms in total. The first kappa shape index (κ1) is 17.4. The molecule has 0 atom stereocenters. The van der Waals surface area contributed by atoms with E-state index in [1.165, 1.54) is 12.3 Å². The van der Waals surface area contributed by atoms with Gasteiger partial charge in [0.25, 0.3) is 5.69 Å². The maximum Gasteiger partial charge on any atom is 0.287 e. The molecule has 0 spiro atoms. The molecule has 0 aliphatic heterocycles. The topological polar surface area (TPSA) is 97.2 Å². The van der Waals surface area contributed by atoms with E-state index in [0.29, 0.717) is 24.7 Å². The number of nitrogens with one attached hydrogen (secondary N) is 2. The number of benzene rings is 1. The fourth-order valence-corrected chi connectivity index (χ4v) is 2.13. The lowest BCUT2D eigenvalue weighted by Crippen LogP contribution is -2.14. The first-order chi connectivity index (χ1) is 11.4. The summed E-state index contributed by atoms with van der Waals surface area (Å²) < 4.78 is 0. The number of rotatable bonds is 7. The highest BCUT2D eigenvalue weighted by atomic mass is 16.6. The largest absolute Gasteiger partial charge is 0.366 e. The van der Waals surface area contributed by atoms with E-state index in [9.17, 15) is 14.9 Å². The molecule has 0 saturated heterocycles. The molecule has 7 heteroatoms. The van der Waals surface area contributed by atoms with Gasteiger partial charge in [-0.05, 0) is 29.7 Å². The van der Waals surface area contributed by atoms with Crippen LogP contribution in [0.3, 0.4) is 0 Å². The van der Waals surface area contributed by atoms with Gasteiger partial charge in [-0.15, -0.1) is 0 Å². The number of hydrogen-bond acceptors (Lipinski definition) is 5. The number of nitro groups is 1. The molecule has 0 aliphatic rings. The average Bonchev–Trinajstić information content (AvgIpc) is 2.53. The molecule has 126 valence electrons. The quantitative estimate of drug-likeness (QED) is 0.598. The van der Waals surface area contributed by atoms with E-state index in [4.69, 9.17) is 0 Å². The van der Waals surface area contributed by atoms with E-state index in [-0.39, 0.29) is 11.6 Å². The number of anilines is 2. The van der Waals surface area contributed by atoms with Crippen molar-refractivity contribution < 1.29 is 9.72 Å². The Bertz CT molecular complexity index is 714. The lowest BCUT2D eigenvalue weighted by molar-refractivity contribution is -0.385. The highest BCUT2D eigenvalue weighted by Crippen LogP contribution is 2.15. The number of nitrogens with zero attached hydrogens (tertiary/aromatic N) is 2. The van der Waals surface area contributed by atoms with Crippen molar-refractivity contribution in [2.24, 2.45) is 5.92 Å². The van der Waals surface area contributed by atoms with Crippen molar-refractivity contribution in [3.63, 3.8) is 0 Å². The number of pyridine rings is 1. The van der Waals surface area contributed by atoms with Crippen LogP contribution < -0.4 is 10.6 Å². The predicted octanol–water partition coefficient (Wildman–Crippen LogP) is 3.59. The summed E-state index contributed by atoms with van der Waals surface area (Å²) in [5, 5.41) is 16.6. The second-order valence-electron chi connectivity index (χ2n) is 5.86. The van der Waals surface area contributed by atoms with Crippen molar-refractivity contribution in [1.82, 2.24) is 4.98 Å². The van der Waals surface area contributed by atoms with Gasteiger partial charge in [0, 0.05) is 24.7 Å². The Balaban J connectivity index is 1.94. The Morgan fingerprint density at radius 2 is 2.08 bits per heavy atom. The highest BCUT2D eigenvalue weighted by molar-refractivity contribution is 5.90. The van der Waals surface area contributed by atoms with Crippen LogP contribution in [0.15, 0.2) is 42.6 Å². The predicted molar refractivity (Wildman–Crippen MR) is 92.7 cm³/mol. The van der Waals surface area contributed by atoms with Gasteiger partial charge in [0.2, 0.25) is 5.91 Å². The van der Waals surface area contributed by atoms with Gasteiger partial charge >= 0.3 is 0 Å².